The van der Waals surface area contributed by atoms with Crippen molar-refractivity contribution in [3.05, 3.63) is 65.9 Å². The molecule has 0 bridgehead atoms. The van der Waals surface area contributed by atoms with Gasteiger partial charge in [0.2, 0.25) is 0 Å². The van der Waals surface area contributed by atoms with Crippen LogP contribution >= 0.6 is 11.3 Å². The fourth-order valence-corrected chi connectivity index (χ4v) is 4.15. The molecule has 3 aromatic heterocycles. The van der Waals surface area contributed by atoms with Gasteiger partial charge in [0.05, 0.1) is 20.7 Å². The first-order valence-corrected chi connectivity index (χ1v) is 9.80. The highest BCUT2D eigenvalue weighted by molar-refractivity contribution is 7.18. The second-order valence-electron chi connectivity index (χ2n) is 6.53. The number of thiazole rings is 1. The number of pyridine rings is 1. The van der Waals surface area contributed by atoms with Crippen molar-refractivity contribution in [1.82, 2.24) is 19.9 Å². The van der Waals surface area contributed by atoms with E-state index in [2.05, 4.69) is 45.6 Å². The zero-order valence-electron chi connectivity index (χ0n) is 15.5. The van der Waals surface area contributed by atoms with E-state index >= 15 is 0 Å². The maximum Gasteiger partial charge on any atom is 0.163 e. The van der Waals surface area contributed by atoms with E-state index in [-0.39, 0.29) is 0 Å². The summed E-state index contributed by atoms with van der Waals surface area (Å²) >= 11 is 1.72. The van der Waals surface area contributed by atoms with E-state index < -0.39 is 0 Å². The number of fused-ring (bicyclic) bond motifs is 2. The topological polar surface area (TPSA) is 63.6 Å². The summed E-state index contributed by atoms with van der Waals surface area (Å²) in [6, 6.07) is 16.6. The molecule has 1 N–H and O–H groups in total. The van der Waals surface area contributed by atoms with Crippen molar-refractivity contribution in [3.8, 4) is 22.5 Å². The van der Waals surface area contributed by atoms with Crippen LogP contribution in [0.15, 0.2) is 60.9 Å². The summed E-state index contributed by atoms with van der Waals surface area (Å²) in [5.41, 5.74) is 5.09. The molecule has 0 amide bonds. The van der Waals surface area contributed by atoms with Gasteiger partial charge in [0.25, 0.3) is 0 Å². The summed E-state index contributed by atoms with van der Waals surface area (Å²) in [5.74, 6) is 1.47. The Kier molecular flexibility index (Phi) is 3.98. The number of hydrogen-bond donors (Lipinski definition) is 1. The Labute approximate surface area is 166 Å². The number of rotatable bonds is 3. The molecule has 0 aliphatic carbocycles. The van der Waals surface area contributed by atoms with Gasteiger partial charge < -0.3 is 5.32 Å². The van der Waals surface area contributed by atoms with Gasteiger partial charge in [0.1, 0.15) is 5.82 Å². The first-order valence-electron chi connectivity index (χ1n) is 8.99. The van der Waals surface area contributed by atoms with Crippen LogP contribution in [0.1, 0.15) is 5.01 Å². The van der Waals surface area contributed by atoms with Gasteiger partial charge in [-0.2, -0.15) is 0 Å². The maximum absolute atomic E-state index is 4.74. The number of hydrogen-bond acceptors (Lipinski definition) is 6. The number of nitrogens with zero attached hydrogens (tertiary/aromatic N) is 4. The molecule has 0 saturated carbocycles. The van der Waals surface area contributed by atoms with Gasteiger partial charge in [0.15, 0.2) is 5.82 Å². The van der Waals surface area contributed by atoms with Crippen LogP contribution in [0.5, 0.6) is 0 Å². The van der Waals surface area contributed by atoms with Crippen LogP contribution in [0.3, 0.4) is 0 Å². The zero-order valence-corrected chi connectivity index (χ0v) is 16.3. The lowest BCUT2D eigenvalue weighted by Crippen LogP contribution is -1.99. The lowest BCUT2D eigenvalue weighted by atomic mass is 10.0. The molecule has 0 spiro atoms. The minimum atomic E-state index is 0.664. The van der Waals surface area contributed by atoms with E-state index in [0.29, 0.717) is 5.82 Å². The van der Waals surface area contributed by atoms with Gasteiger partial charge in [-0.15, -0.1) is 11.3 Å². The van der Waals surface area contributed by atoms with Gasteiger partial charge in [-0.1, -0.05) is 12.1 Å². The van der Waals surface area contributed by atoms with Gasteiger partial charge in [-0.05, 0) is 54.4 Å². The Morgan fingerprint density at radius 1 is 0.857 bits per heavy atom. The first kappa shape index (κ1) is 16.8. The molecule has 0 fully saturated rings. The highest BCUT2D eigenvalue weighted by Gasteiger charge is 2.11. The van der Waals surface area contributed by atoms with Crippen LogP contribution in [0.4, 0.5) is 5.82 Å². The lowest BCUT2D eigenvalue weighted by Gasteiger charge is -2.10. The Hall–Kier alpha value is -3.38. The molecule has 5 nitrogen and oxygen atoms in total. The van der Waals surface area contributed by atoms with Crippen molar-refractivity contribution in [2.75, 3.05) is 12.4 Å². The molecule has 0 saturated heterocycles. The second kappa shape index (κ2) is 6.65. The van der Waals surface area contributed by atoms with Gasteiger partial charge >= 0.3 is 0 Å². The molecule has 0 unspecified atom stereocenters. The molecule has 3 heterocycles. The fourth-order valence-electron chi connectivity index (χ4n) is 3.34. The van der Waals surface area contributed by atoms with Crippen LogP contribution in [0.2, 0.25) is 0 Å². The van der Waals surface area contributed by atoms with Gasteiger partial charge in [0, 0.05) is 30.4 Å². The standard InChI is InChI=1S/C22H17N5S/c1-13-25-19-11-15(6-8-20(19)28-13)14-5-7-18-17(10-14)22(23-2)27-21(26-18)16-4-3-9-24-12-16/h3-12H,1-2H3,(H,23,26,27). The summed E-state index contributed by atoms with van der Waals surface area (Å²) in [6.07, 6.45) is 3.52. The van der Waals surface area contributed by atoms with E-state index in [1.165, 1.54) is 4.70 Å². The van der Waals surface area contributed by atoms with Crippen LogP contribution in [-0.2, 0) is 0 Å². The van der Waals surface area contributed by atoms with Gasteiger partial charge in [-0.25, -0.2) is 15.0 Å². The summed E-state index contributed by atoms with van der Waals surface area (Å²) in [7, 11) is 1.88. The molecule has 0 radical (unpaired) electrons. The summed E-state index contributed by atoms with van der Waals surface area (Å²) < 4.78 is 1.21. The van der Waals surface area contributed by atoms with Crippen LogP contribution in [0, 0.1) is 6.92 Å². The van der Waals surface area contributed by atoms with E-state index in [4.69, 9.17) is 9.97 Å². The Balaban J connectivity index is 1.65. The third-order valence-corrected chi connectivity index (χ3v) is 5.63. The Morgan fingerprint density at radius 2 is 1.71 bits per heavy atom. The van der Waals surface area contributed by atoms with Crippen molar-refractivity contribution in [2.24, 2.45) is 0 Å². The summed E-state index contributed by atoms with van der Waals surface area (Å²) in [4.78, 5) is 18.2. The molecular weight excluding hydrogens is 366 g/mol. The van der Waals surface area contributed by atoms with E-state index in [9.17, 15) is 0 Å². The molecular formula is C22H17N5S. The fraction of sp³-hybridized carbons (Fsp3) is 0.0909. The van der Waals surface area contributed by atoms with Crippen molar-refractivity contribution < 1.29 is 0 Å². The molecule has 5 rings (SSSR count). The molecule has 0 atom stereocenters. The molecule has 0 aliphatic rings. The van der Waals surface area contributed by atoms with E-state index in [1.54, 1.807) is 23.7 Å². The minimum Gasteiger partial charge on any atom is -0.373 e. The summed E-state index contributed by atoms with van der Waals surface area (Å²) in [5, 5.41) is 5.28. The minimum absolute atomic E-state index is 0.664. The highest BCUT2D eigenvalue weighted by atomic mass is 32.1. The van der Waals surface area contributed by atoms with Crippen molar-refractivity contribution in [2.45, 2.75) is 6.92 Å². The van der Waals surface area contributed by atoms with Crippen LogP contribution < -0.4 is 5.32 Å². The first-order chi connectivity index (χ1) is 13.7. The quantitative estimate of drug-likeness (QED) is 0.457. The number of aromatic nitrogens is 4. The average Bonchev–Trinajstić information content (AvgIpc) is 3.12. The highest BCUT2D eigenvalue weighted by Crippen LogP contribution is 2.31. The smallest absolute Gasteiger partial charge is 0.163 e. The van der Waals surface area contributed by atoms with E-state index in [0.717, 1.165) is 43.9 Å². The Bertz CT molecular complexity index is 1310. The maximum atomic E-state index is 4.74. The van der Waals surface area contributed by atoms with Crippen molar-refractivity contribution >= 4 is 38.3 Å². The lowest BCUT2D eigenvalue weighted by molar-refractivity contribution is 1.20. The monoisotopic (exact) mass is 383 g/mol. The molecule has 0 aliphatic heterocycles. The third-order valence-electron chi connectivity index (χ3n) is 4.68. The van der Waals surface area contributed by atoms with Gasteiger partial charge in [-0.3, -0.25) is 4.98 Å². The summed E-state index contributed by atoms with van der Waals surface area (Å²) in [6.45, 7) is 2.04. The predicted molar refractivity (Wildman–Crippen MR) is 116 cm³/mol. The molecule has 6 heteroatoms. The van der Waals surface area contributed by atoms with Crippen molar-refractivity contribution in [1.29, 1.82) is 0 Å². The predicted octanol–water partition coefficient (Wildman–Crippen LogP) is 5.32. The van der Waals surface area contributed by atoms with Crippen molar-refractivity contribution in [3.63, 3.8) is 0 Å². The second-order valence-corrected chi connectivity index (χ2v) is 7.77. The number of aryl methyl sites for hydroxylation is 1. The molecule has 28 heavy (non-hydrogen) atoms. The van der Waals surface area contributed by atoms with Crippen LogP contribution in [-0.4, -0.2) is 27.0 Å². The van der Waals surface area contributed by atoms with E-state index in [1.807, 2.05) is 32.2 Å². The van der Waals surface area contributed by atoms with Crippen LogP contribution in [0.25, 0.3) is 43.6 Å². The normalized spacial score (nSPS) is 11.2. The molecule has 2 aromatic carbocycles. The largest absolute Gasteiger partial charge is 0.373 e. The molecule has 136 valence electrons. The SMILES string of the molecule is CNc1nc(-c2cccnc2)nc2ccc(-c3ccc4sc(C)nc4c3)cc12. The average molecular weight is 383 g/mol. The number of anilines is 1. The number of nitrogens with one attached hydrogen (secondary N) is 1. The zero-order chi connectivity index (χ0) is 19.1. The molecule has 5 aromatic rings. The third kappa shape index (κ3) is 2.88. The number of benzene rings is 2. The Morgan fingerprint density at radius 3 is 2.54 bits per heavy atom.